The Hall–Kier alpha value is -1.68. The summed E-state index contributed by atoms with van der Waals surface area (Å²) in [6.45, 7) is 5.22. The first-order valence-corrected chi connectivity index (χ1v) is 9.76. The molecule has 0 saturated carbocycles. The summed E-state index contributed by atoms with van der Waals surface area (Å²) in [7, 11) is 2.47. The summed E-state index contributed by atoms with van der Waals surface area (Å²) in [6.07, 6.45) is 0.653. The molecular formula is C17H22Br2N2O6. The van der Waals surface area contributed by atoms with E-state index in [1.54, 1.807) is 0 Å². The number of hydrogen-bond donors (Lipinski definition) is 2. The minimum atomic E-state index is -0.841. The zero-order valence-electron chi connectivity index (χ0n) is 15.6. The number of halogens is 2. The van der Waals surface area contributed by atoms with Crippen LogP contribution in [0, 0.1) is 5.92 Å². The third-order valence-electron chi connectivity index (χ3n) is 4.18. The zero-order valence-corrected chi connectivity index (χ0v) is 18.8. The molecule has 0 radical (unpaired) electrons. The average Bonchev–Trinajstić information content (AvgIpc) is 2.67. The summed E-state index contributed by atoms with van der Waals surface area (Å²) in [5.41, 5.74) is -0.132. The number of carbonyl (C=O) groups excluding carboxylic acids is 4. The van der Waals surface area contributed by atoms with Crippen LogP contribution < -0.4 is 10.6 Å². The molecule has 0 aromatic carbocycles. The van der Waals surface area contributed by atoms with Crippen molar-refractivity contribution in [1.29, 1.82) is 0 Å². The first-order chi connectivity index (χ1) is 12.6. The Morgan fingerprint density at radius 2 is 1.37 bits per heavy atom. The molecule has 0 aromatic heterocycles. The highest BCUT2D eigenvalue weighted by Crippen LogP contribution is 2.30. The average molecular weight is 510 g/mol. The first kappa shape index (κ1) is 23.4. The van der Waals surface area contributed by atoms with Gasteiger partial charge in [-0.25, -0.2) is 9.59 Å². The van der Waals surface area contributed by atoms with Gasteiger partial charge in [0.1, 0.15) is 23.5 Å². The van der Waals surface area contributed by atoms with E-state index in [1.807, 2.05) is 13.8 Å². The first-order valence-electron chi connectivity index (χ1n) is 8.18. The molecule has 10 heteroatoms. The molecule has 3 atom stereocenters. The fraction of sp³-hybridized carbons (Fsp3) is 0.529. The molecule has 1 aliphatic carbocycles. The Kier molecular flexibility index (Phi) is 8.67. The van der Waals surface area contributed by atoms with Gasteiger partial charge in [0.05, 0.1) is 23.2 Å². The van der Waals surface area contributed by atoms with Crippen LogP contribution in [0.15, 0.2) is 20.4 Å². The lowest BCUT2D eigenvalue weighted by molar-refractivity contribution is -0.144. The molecule has 0 saturated heterocycles. The Bertz CT molecular complexity index is 716. The number of methoxy groups -OCH3 is 2. The van der Waals surface area contributed by atoms with E-state index < -0.39 is 35.6 Å². The number of allylic oxidation sites excluding steroid dienone is 2. The number of nitrogens with one attached hydrogen (secondary N) is 2. The number of ketones is 2. The number of hydrogen-bond acceptors (Lipinski definition) is 8. The van der Waals surface area contributed by atoms with Crippen molar-refractivity contribution >= 4 is 55.4 Å². The van der Waals surface area contributed by atoms with Gasteiger partial charge in [0.15, 0.2) is 0 Å². The molecule has 1 rings (SSSR count). The highest BCUT2D eigenvalue weighted by molar-refractivity contribution is 9.12. The van der Waals surface area contributed by atoms with Gasteiger partial charge >= 0.3 is 11.9 Å². The Morgan fingerprint density at radius 3 is 1.78 bits per heavy atom. The molecule has 0 spiro atoms. The van der Waals surface area contributed by atoms with Crippen molar-refractivity contribution in [3.63, 3.8) is 0 Å². The lowest BCUT2D eigenvalue weighted by Crippen LogP contribution is -2.46. The topological polar surface area (TPSA) is 111 Å². The Balaban J connectivity index is 3.20. The molecule has 2 N–H and O–H groups in total. The molecule has 8 nitrogen and oxygen atoms in total. The van der Waals surface area contributed by atoms with Gasteiger partial charge in [0, 0.05) is 0 Å². The molecule has 0 aromatic rings. The summed E-state index contributed by atoms with van der Waals surface area (Å²) in [5, 5.41) is 5.51. The summed E-state index contributed by atoms with van der Waals surface area (Å²) in [5.74, 6) is -2.36. The number of Topliss-reactive ketones (excluding diaryl/α,β-unsaturated/α-hetero) is 2. The second kappa shape index (κ2) is 10.0. The van der Waals surface area contributed by atoms with E-state index in [0.717, 1.165) is 0 Å². The fourth-order valence-electron chi connectivity index (χ4n) is 2.31. The Morgan fingerprint density at radius 1 is 0.926 bits per heavy atom. The van der Waals surface area contributed by atoms with Crippen LogP contribution in [0.2, 0.25) is 0 Å². The van der Waals surface area contributed by atoms with Gasteiger partial charge in [-0.3, -0.25) is 9.59 Å². The smallest absolute Gasteiger partial charge is 0.328 e. The maximum Gasteiger partial charge on any atom is 0.328 e. The second-order valence-corrected chi connectivity index (χ2v) is 7.54. The molecule has 0 fully saturated rings. The van der Waals surface area contributed by atoms with Gasteiger partial charge in [-0.2, -0.15) is 0 Å². The summed E-state index contributed by atoms with van der Waals surface area (Å²) < 4.78 is 9.29. The number of ether oxygens (including phenoxy) is 2. The van der Waals surface area contributed by atoms with E-state index in [4.69, 9.17) is 4.74 Å². The van der Waals surface area contributed by atoms with E-state index in [1.165, 1.54) is 21.1 Å². The summed E-state index contributed by atoms with van der Waals surface area (Å²) in [4.78, 5) is 49.1. The maximum absolute atomic E-state index is 12.8. The van der Waals surface area contributed by atoms with E-state index in [9.17, 15) is 19.2 Å². The summed E-state index contributed by atoms with van der Waals surface area (Å²) in [6, 6.07) is -1.64. The van der Waals surface area contributed by atoms with Gasteiger partial charge in [-0.1, -0.05) is 20.3 Å². The molecule has 1 aliphatic rings. The van der Waals surface area contributed by atoms with Crippen LogP contribution in [-0.4, -0.2) is 49.8 Å². The quantitative estimate of drug-likeness (QED) is 0.375. The predicted molar refractivity (Wildman–Crippen MR) is 105 cm³/mol. The normalized spacial score (nSPS) is 18.0. The molecule has 27 heavy (non-hydrogen) atoms. The van der Waals surface area contributed by atoms with Gasteiger partial charge in [0.25, 0.3) is 0 Å². The standard InChI is InChI=1S/C17H22Br2N2O6/c1-6-7(2)11(17(25)27-5)21-13-10(19)14(22)12(9(18)15(13)23)20-8(3)16(24)26-4/h7-8,11,20-21H,6H2,1-5H3/t7-,8-,11+/m0/s1. The molecule has 0 aliphatic heterocycles. The zero-order chi connectivity index (χ0) is 20.9. The van der Waals surface area contributed by atoms with Crippen LogP contribution in [0.4, 0.5) is 0 Å². The van der Waals surface area contributed by atoms with Crippen LogP contribution >= 0.6 is 31.9 Å². The Labute approximate surface area is 174 Å². The van der Waals surface area contributed by atoms with Crippen LogP contribution in [-0.2, 0) is 28.7 Å². The number of carbonyl (C=O) groups is 4. The molecule has 0 bridgehead atoms. The van der Waals surface area contributed by atoms with Gasteiger partial charge < -0.3 is 20.1 Å². The fourth-order valence-corrected chi connectivity index (χ4v) is 3.29. The molecular weight excluding hydrogens is 488 g/mol. The lowest BCUT2D eigenvalue weighted by Gasteiger charge is -2.27. The van der Waals surface area contributed by atoms with Crippen molar-refractivity contribution < 1.29 is 28.7 Å². The largest absolute Gasteiger partial charge is 0.467 e. The monoisotopic (exact) mass is 508 g/mol. The highest BCUT2D eigenvalue weighted by Gasteiger charge is 2.37. The van der Waals surface area contributed by atoms with E-state index in [2.05, 4.69) is 47.2 Å². The van der Waals surface area contributed by atoms with E-state index in [0.29, 0.717) is 6.42 Å². The van der Waals surface area contributed by atoms with Gasteiger partial charge in [0.2, 0.25) is 11.6 Å². The van der Waals surface area contributed by atoms with Crippen LogP contribution in [0.5, 0.6) is 0 Å². The van der Waals surface area contributed by atoms with Crippen molar-refractivity contribution in [1.82, 2.24) is 10.6 Å². The lowest BCUT2D eigenvalue weighted by atomic mass is 9.97. The second-order valence-electron chi connectivity index (χ2n) is 5.96. The maximum atomic E-state index is 12.8. The third-order valence-corrected chi connectivity index (χ3v) is 5.69. The number of rotatable bonds is 8. The van der Waals surface area contributed by atoms with Crippen molar-refractivity contribution in [2.45, 2.75) is 39.3 Å². The highest BCUT2D eigenvalue weighted by atomic mass is 79.9. The van der Waals surface area contributed by atoms with Crippen molar-refractivity contribution in [3.05, 3.63) is 20.4 Å². The van der Waals surface area contributed by atoms with Crippen molar-refractivity contribution in [2.24, 2.45) is 5.92 Å². The molecule has 150 valence electrons. The van der Waals surface area contributed by atoms with Crippen molar-refractivity contribution in [3.8, 4) is 0 Å². The molecule has 0 amide bonds. The summed E-state index contributed by atoms with van der Waals surface area (Å²) >= 11 is 6.24. The minimum absolute atomic E-state index is 0.0486. The molecule has 0 heterocycles. The van der Waals surface area contributed by atoms with Crippen LogP contribution in [0.25, 0.3) is 0 Å². The third kappa shape index (κ3) is 5.19. The molecule has 0 unspecified atom stereocenters. The van der Waals surface area contributed by atoms with E-state index >= 15 is 0 Å². The van der Waals surface area contributed by atoms with Crippen molar-refractivity contribution in [2.75, 3.05) is 14.2 Å². The van der Waals surface area contributed by atoms with E-state index in [-0.39, 0.29) is 26.3 Å². The SMILES string of the molecule is CC[C@H](C)[C@@H](NC1=C(Br)C(=O)C(N[C@@H](C)C(=O)OC)=C(Br)C1=O)C(=O)OC. The van der Waals surface area contributed by atoms with Crippen LogP contribution in [0.1, 0.15) is 27.2 Å². The minimum Gasteiger partial charge on any atom is -0.467 e. The number of esters is 2. The van der Waals surface area contributed by atoms with Crippen LogP contribution in [0.3, 0.4) is 0 Å². The predicted octanol–water partition coefficient (Wildman–Crippen LogP) is 1.68. The van der Waals surface area contributed by atoms with Gasteiger partial charge in [-0.05, 0) is 44.7 Å². The van der Waals surface area contributed by atoms with Gasteiger partial charge in [-0.15, -0.1) is 0 Å².